The number of H-pyrrole nitrogens is 1. The fraction of sp³-hybridized carbons (Fsp3) is 0.100. The molecule has 0 bridgehead atoms. The lowest BCUT2D eigenvalue weighted by Gasteiger charge is -2.07. The van der Waals surface area contributed by atoms with E-state index in [2.05, 4.69) is 31.2 Å². The van der Waals surface area contributed by atoms with Gasteiger partial charge in [-0.05, 0) is 34.1 Å². The van der Waals surface area contributed by atoms with E-state index < -0.39 is 0 Å². The highest BCUT2D eigenvalue weighted by Crippen LogP contribution is 2.25. The average Bonchev–Trinajstić information content (AvgIpc) is 2.72. The zero-order valence-corrected chi connectivity index (χ0v) is 10.1. The molecule has 15 heavy (non-hydrogen) atoms. The van der Waals surface area contributed by atoms with Gasteiger partial charge in [-0.25, -0.2) is 4.98 Å². The van der Waals surface area contributed by atoms with Gasteiger partial charge < -0.3 is 10.3 Å². The fourth-order valence-corrected chi connectivity index (χ4v) is 1.77. The van der Waals surface area contributed by atoms with Gasteiger partial charge in [0.15, 0.2) is 0 Å². The monoisotopic (exact) mass is 285 g/mol. The molecule has 0 saturated heterocycles. The van der Waals surface area contributed by atoms with Gasteiger partial charge in [-0.2, -0.15) is 0 Å². The maximum atomic E-state index is 5.89. The number of aromatic nitrogens is 2. The zero-order valence-electron chi connectivity index (χ0n) is 7.80. The molecule has 0 radical (unpaired) electrons. The molecule has 0 unspecified atom stereocenters. The minimum Gasteiger partial charge on any atom is -0.377 e. The third-order valence-corrected chi connectivity index (χ3v) is 2.86. The van der Waals surface area contributed by atoms with Gasteiger partial charge in [0.2, 0.25) is 0 Å². The van der Waals surface area contributed by atoms with Crippen molar-refractivity contribution in [1.82, 2.24) is 9.97 Å². The van der Waals surface area contributed by atoms with Crippen LogP contribution in [0.4, 0.5) is 5.69 Å². The normalized spacial score (nSPS) is 10.3. The van der Waals surface area contributed by atoms with E-state index in [0.717, 1.165) is 16.0 Å². The molecule has 0 spiro atoms. The summed E-state index contributed by atoms with van der Waals surface area (Å²) in [4.78, 5) is 7.14. The molecule has 0 atom stereocenters. The zero-order chi connectivity index (χ0) is 10.7. The van der Waals surface area contributed by atoms with Crippen LogP contribution in [-0.2, 0) is 6.54 Å². The van der Waals surface area contributed by atoms with E-state index in [1.165, 1.54) is 0 Å². The van der Waals surface area contributed by atoms with Crippen molar-refractivity contribution in [3.8, 4) is 0 Å². The van der Waals surface area contributed by atoms with Gasteiger partial charge in [0, 0.05) is 21.9 Å². The topological polar surface area (TPSA) is 40.7 Å². The van der Waals surface area contributed by atoms with Crippen molar-refractivity contribution in [3.05, 3.63) is 45.9 Å². The predicted octanol–water partition coefficient (Wildman–Crippen LogP) is 3.44. The summed E-state index contributed by atoms with van der Waals surface area (Å²) in [7, 11) is 0. The summed E-state index contributed by atoms with van der Waals surface area (Å²) in [6, 6.07) is 5.62. The number of halogens is 2. The molecule has 1 aromatic heterocycles. The molecule has 0 aliphatic heterocycles. The van der Waals surface area contributed by atoms with Gasteiger partial charge in [-0.1, -0.05) is 11.6 Å². The van der Waals surface area contributed by atoms with Crippen molar-refractivity contribution in [1.29, 1.82) is 0 Å². The third kappa shape index (κ3) is 2.73. The summed E-state index contributed by atoms with van der Waals surface area (Å²) in [6.07, 6.45) is 3.52. The van der Waals surface area contributed by atoms with E-state index >= 15 is 0 Å². The van der Waals surface area contributed by atoms with E-state index in [1.54, 1.807) is 12.4 Å². The number of rotatable bonds is 3. The molecule has 1 aromatic carbocycles. The first kappa shape index (κ1) is 10.5. The molecule has 0 saturated carbocycles. The van der Waals surface area contributed by atoms with Crippen LogP contribution in [0.3, 0.4) is 0 Å². The number of anilines is 1. The minimum atomic E-state index is 0.645. The molecule has 5 heteroatoms. The summed E-state index contributed by atoms with van der Waals surface area (Å²) < 4.78 is 0.985. The lowest BCUT2D eigenvalue weighted by Crippen LogP contribution is -2.01. The minimum absolute atomic E-state index is 0.645. The number of aromatic amines is 1. The first-order valence-electron chi connectivity index (χ1n) is 4.43. The maximum absolute atomic E-state index is 5.89. The molecular formula is C10H9BrClN3. The van der Waals surface area contributed by atoms with Crippen LogP contribution >= 0.6 is 27.5 Å². The predicted molar refractivity (Wildman–Crippen MR) is 65.1 cm³/mol. The molecule has 0 aliphatic carbocycles. The number of hydrogen-bond acceptors (Lipinski definition) is 2. The van der Waals surface area contributed by atoms with Crippen molar-refractivity contribution < 1.29 is 0 Å². The summed E-state index contributed by atoms with van der Waals surface area (Å²) in [5.74, 6) is 0.891. The van der Waals surface area contributed by atoms with Crippen LogP contribution in [0.1, 0.15) is 5.82 Å². The second-order valence-corrected chi connectivity index (χ2v) is 4.30. The van der Waals surface area contributed by atoms with Crippen molar-refractivity contribution in [2.24, 2.45) is 0 Å². The van der Waals surface area contributed by atoms with Gasteiger partial charge in [0.05, 0.1) is 12.2 Å². The molecule has 1 heterocycles. The number of benzene rings is 1. The van der Waals surface area contributed by atoms with Crippen molar-refractivity contribution >= 4 is 33.2 Å². The Hall–Kier alpha value is -1.00. The van der Waals surface area contributed by atoms with Crippen LogP contribution in [0.15, 0.2) is 35.1 Å². The summed E-state index contributed by atoms with van der Waals surface area (Å²) in [6.45, 7) is 0.645. The highest BCUT2D eigenvalue weighted by molar-refractivity contribution is 9.10. The Morgan fingerprint density at radius 1 is 1.47 bits per heavy atom. The molecular weight excluding hydrogens is 277 g/mol. The summed E-state index contributed by atoms with van der Waals surface area (Å²) in [5, 5.41) is 3.94. The van der Waals surface area contributed by atoms with Gasteiger partial charge in [-0.3, -0.25) is 0 Å². The van der Waals surface area contributed by atoms with Crippen LogP contribution in [0, 0.1) is 0 Å². The second-order valence-electron chi connectivity index (χ2n) is 3.01. The van der Waals surface area contributed by atoms with Crippen LogP contribution < -0.4 is 5.32 Å². The molecule has 0 fully saturated rings. The molecule has 2 rings (SSSR count). The van der Waals surface area contributed by atoms with Crippen LogP contribution in [0.5, 0.6) is 0 Å². The highest BCUT2D eigenvalue weighted by Gasteiger charge is 2.01. The second kappa shape index (κ2) is 4.68. The molecule has 0 amide bonds. The molecule has 2 N–H and O–H groups in total. The third-order valence-electron chi connectivity index (χ3n) is 1.93. The van der Waals surface area contributed by atoms with E-state index in [9.17, 15) is 0 Å². The Bertz CT molecular complexity index is 442. The Balaban J connectivity index is 2.07. The van der Waals surface area contributed by atoms with Crippen LogP contribution in [0.25, 0.3) is 0 Å². The van der Waals surface area contributed by atoms with E-state index in [1.807, 2.05) is 18.2 Å². The number of hydrogen-bond donors (Lipinski definition) is 2. The van der Waals surface area contributed by atoms with E-state index in [0.29, 0.717) is 11.6 Å². The quantitative estimate of drug-likeness (QED) is 0.907. The van der Waals surface area contributed by atoms with Crippen molar-refractivity contribution in [2.45, 2.75) is 6.54 Å². The first-order valence-corrected chi connectivity index (χ1v) is 5.60. The Kier molecular flexibility index (Phi) is 3.28. The summed E-state index contributed by atoms with van der Waals surface area (Å²) in [5.41, 5.74) is 0.957. The SMILES string of the molecule is Clc1ccc(Br)c(NCc2ncc[nH]2)c1. The molecule has 0 aliphatic rings. The van der Waals surface area contributed by atoms with Crippen LogP contribution in [-0.4, -0.2) is 9.97 Å². The van der Waals surface area contributed by atoms with Gasteiger partial charge in [0.25, 0.3) is 0 Å². The van der Waals surface area contributed by atoms with Crippen molar-refractivity contribution in [3.63, 3.8) is 0 Å². The Labute approximate surface area is 101 Å². The van der Waals surface area contributed by atoms with Gasteiger partial charge in [-0.15, -0.1) is 0 Å². The number of nitrogens with zero attached hydrogens (tertiary/aromatic N) is 1. The summed E-state index contributed by atoms with van der Waals surface area (Å²) >= 11 is 9.34. The van der Waals surface area contributed by atoms with Crippen LogP contribution in [0.2, 0.25) is 5.02 Å². The number of nitrogens with one attached hydrogen (secondary N) is 2. The molecule has 2 aromatic rings. The largest absolute Gasteiger partial charge is 0.377 e. The van der Waals surface area contributed by atoms with E-state index in [-0.39, 0.29) is 0 Å². The number of imidazole rings is 1. The Morgan fingerprint density at radius 3 is 3.07 bits per heavy atom. The molecule has 3 nitrogen and oxygen atoms in total. The van der Waals surface area contributed by atoms with Crippen molar-refractivity contribution in [2.75, 3.05) is 5.32 Å². The Morgan fingerprint density at radius 2 is 2.33 bits per heavy atom. The lowest BCUT2D eigenvalue weighted by atomic mass is 10.3. The molecule has 78 valence electrons. The van der Waals surface area contributed by atoms with E-state index in [4.69, 9.17) is 11.6 Å². The standard InChI is InChI=1S/C10H9BrClN3/c11-8-2-1-7(12)5-9(8)15-6-10-13-3-4-14-10/h1-5,15H,6H2,(H,13,14). The fourth-order valence-electron chi connectivity index (χ4n) is 1.21. The lowest BCUT2D eigenvalue weighted by molar-refractivity contribution is 0.999. The average molecular weight is 287 g/mol. The smallest absolute Gasteiger partial charge is 0.125 e. The first-order chi connectivity index (χ1) is 7.25. The maximum Gasteiger partial charge on any atom is 0.125 e. The highest BCUT2D eigenvalue weighted by atomic mass is 79.9. The van der Waals surface area contributed by atoms with Gasteiger partial charge >= 0.3 is 0 Å². The van der Waals surface area contributed by atoms with Gasteiger partial charge in [0.1, 0.15) is 5.82 Å².